The summed E-state index contributed by atoms with van der Waals surface area (Å²) in [5.41, 5.74) is -3.15. The summed E-state index contributed by atoms with van der Waals surface area (Å²) in [5.74, 6) is -0.485. The normalized spacial score (nSPS) is 16.5. The van der Waals surface area contributed by atoms with Crippen molar-refractivity contribution in [3.63, 3.8) is 0 Å². The number of likely N-dealkylation sites (N-methyl/N-ethyl adjacent to an activating group) is 1. The number of hydrogen-bond acceptors (Lipinski definition) is 7. The van der Waals surface area contributed by atoms with Crippen LogP contribution in [0.4, 0.5) is 41.6 Å². The van der Waals surface area contributed by atoms with Gasteiger partial charge in [0.2, 0.25) is 0 Å². The van der Waals surface area contributed by atoms with Crippen LogP contribution >= 0.6 is 0 Å². The molecule has 0 aromatic heterocycles. The molecular formula is C30H36F6N4O6. The molecular weight excluding hydrogens is 626 g/mol. The van der Waals surface area contributed by atoms with Crippen LogP contribution in [0.2, 0.25) is 0 Å². The molecule has 1 N–H and O–H groups in total. The van der Waals surface area contributed by atoms with Gasteiger partial charge in [0.25, 0.3) is 5.91 Å². The lowest BCUT2D eigenvalue weighted by atomic mass is 9.89. The Bertz CT molecular complexity index is 1400. The SMILES string of the molecule is CCOC(=O)N1c2cc(C(=O)NCCN(C)C)c(OC)cc2C(N(Cc2cc(C(F)(F)F)cc(C(F)(F)F)c2)C(=O)OC)CC1C. The molecule has 3 rings (SSSR count). The molecule has 3 amide bonds. The molecule has 0 bridgehead atoms. The molecule has 0 aliphatic carbocycles. The van der Waals surface area contributed by atoms with Gasteiger partial charge in [0.05, 0.1) is 49.2 Å². The lowest BCUT2D eigenvalue weighted by Crippen LogP contribution is -2.48. The predicted octanol–water partition coefficient (Wildman–Crippen LogP) is 6.09. The molecule has 0 saturated heterocycles. The molecule has 2 unspecified atom stereocenters. The van der Waals surface area contributed by atoms with Gasteiger partial charge in [-0.1, -0.05) is 0 Å². The summed E-state index contributed by atoms with van der Waals surface area (Å²) in [4.78, 5) is 43.6. The summed E-state index contributed by atoms with van der Waals surface area (Å²) in [5, 5.41) is 2.76. The largest absolute Gasteiger partial charge is 0.496 e. The van der Waals surface area contributed by atoms with Crippen molar-refractivity contribution in [3.8, 4) is 5.75 Å². The van der Waals surface area contributed by atoms with E-state index in [2.05, 4.69) is 5.32 Å². The predicted molar refractivity (Wildman–Crippen MR) is 155 cm³/mol. The molecule has 1 heterocycles. The molecule has 0 radical (unpaired) electrons. The van der Waals surface area contributed by atoms with Gasteiger partial charge in [0, 0.05) is 31.2 Å². The number of anilines is 1. The van der Waals surface area contributed by atoms with Crippen LogP contribution in [0.3, 0.4) is 0 Å². The lowest BCUT2D eigenvalue weighted by molar-refractivity contribution is -0.143. The zero-order valence-electron chi connectivity index (χ0n) is 26.1. The first-order valence-electron chi connectivity index (χ1n) is 14.2. The van der Waals surface area contributed by atoms with E-state index in [-0.39, 0.29) is 48.2 Å². The Kier molecular flexibility index (Phi) is 11.4. The van der Waals surface area contributed by atoms with Crippen molar-refractivity contribution in [1.29, 1.82) is 0 Å². The fourth-order valence-corrected chi connectivity index (χ4v) is 5.18. The van der Waals surface area contributed by atoms with Gasteiger partial charge in [-0.3, -0.25) is 14.6 Å². The summed E-state index contributed by atoms with van der Waals surface area (Å²) in [6.07, 6.45) is -12.0. The summed E-state index contributed by atoms with van der Waals surface area (Å²) in [7, 11) is 5.95. The number of amides is 3. The highest BCUT2D eigenvalue weighted by molar-refractivity contribution is 6.00. The summed E-state index contributed by atoms with van der Waals surface area (Å²) in [6.45, 7) is 3.31. The van der Waals surface area contributed by atoms with E-state index in [1.54, 1.807) is 13.8 Å². The van der Waals surface area contributed by atoms with Crippen molar-refractivity contribution in [2.75, 3.05) is 52.9 Å². The quantitative estimate of drug-likeness (QED) is 0.325. The van der Waals surface area contributed by atoms with E-state index < -0.39 is 65.8 Å². The first-order chi connectivity index (χ1) is 21.4. The van der Waals surface area contributed by atoms with Crippen LogP contribution in [-0.4, -0.2) is 81.9 Å². The maximum atomic E-state index is 13.6. The van der Waals surface area contributed by atoms with E-state index in [4.69, 9.17) is 14.2 Å². The number of carbonyl (C=O) groups is 3. The third-order valence-corrected chi connectivity index (χ3v) is 7.31. The fraction of sp³-hybridized carbons (Fsp3) is 0.500. The van der Waals surface area contributed by atoms with E-state index in [1.807, 2.05) is 19.0 Å². The molecule has 254 valence electrons. The third kappa shape index (κ3) is 8.33. The van der Waals surface area contributed by atoms with E-state index in [9.17, 15) is 40.7 Å². The van der Waals surface area contributed by atoms with Gasteiger partial charge in [-0.15, -0.1) is 0 Å². The average Bonchev–Trinajstić information content (AvgIpc) is 2.97. The highest BCUT2D eigenvalue weighted by Crippen LogP contribution is 2.45. The number of rotatable bonds is 9. The van der Waals surface area contributed by atoms with Gasteiger partial charge in [0.15, 0.2) is 0 Å². The second-order valence-corrected chi connectivity index (χ2v) is 10.9. The summed E-state index contributed by atoms with van der Waals surface area (Å²) >= 11 is 0. The minimum Gasteiger partial charge on any atom is -0.496 e. The van der Waals surface area contributed by atoms with Crippen LogP contribution in [0.1, 0.15) is 58.9 Å². The van der Waals surface area contributed by atoms with Gasteiger partial charge in [-0.2, -0.15) is 26.3 Å². The molecule has 2 aromatic carbocycles. The minimum atomic E-state index is -5.10. The smallest absolute Gasteiger partial charge is 0.416 e. The number of carbonyl (C=O) groups excluding carboxylic acids is 3. The van der Waals surface area contributed by atoms with Gasteiger partial charge in [-0.05, 0) is 70.3 Å². The third-order valence-electron chi connectivity index (χ3n) is 7.31. The van der Waals surface area contributed by atoms with Crippen LogP contribution in [0.15, 0.2) is 30.3 Å². The van der Waals surface area contributed by atoms with Crippen LogP contribution in [0.5, 0.6) is 5.75 Å². The molecule has 1 aliphatic rings. The highest BCUT2D eigenvalue weighted by Gasteiger charge is 2.42. The molecule has 0 saturated carbocycles. The van der Waals surface area contributed by atoms with Crippen molar-refractivity contribution in [2.24, 2.45) is 0 Å². The van der Waals surface area contributed by atoms with E-state index in [0.29, 0.717) is 18.7 Å². The van der Waals surface area contributed by atoms with Crippen molar-refractivity contribution in [3.05, 3.63) is 58.1 Å². The second-order valence-electron chi connectivity index (χ2n) is 10.9. The monoisotopic (exact) mass is 662 g/mol. The molecule has 2 atom stereocenters. The van der Waals surface area contributed by atoms with Crippen molar-refractivity contribution in [2.45, 2.75) is 51.2 Å². The standard InChI is InChI=1S/C30H36F6N4O6/c1-7-46-28(43)40-17(2)10-23(21-15-25(44-5)22(14-24(21)40)26(41)37-8-9-38(3)4)39(27(42)45-6)16-18-11-19(29(31,32)33)13-20(12-18)30(34,35)36/h11-15,17,23H,7-10,16H2,1-6H3,(H,37,41). The number of methoxy groups -OCH3 is 2. The Morgan fingerprint density at radius 3 is 2.09 bits per heavy atom. The molecule has 0 spiro atoms. The number of nitrogens with zero attached hydrogens (tertiary/aromatic N) is 3. The Hall–Kier alpha value is -4.21. The fourth-order valence-electron chi connectivity index (χ4n) is 5.18. The topological polar surface area (TPSA) is 101 Å². The Morgan fingerprint density at radius 2 is 1.59 bits per heavy atom. The number of hydrogen-bond donors (Lipinski definition) is 1. The van der Waals surface area contributed by atoms with Crippen LogP contribution in [0.25, 0.3) is 0 Å². The van der Waals surface area contributed by atoms with Crippen molar-refractivity contribution in [1.82, 2.24) is 15.1 Å². The number of ether oxygens (including phenoxy) is 3. The number of benzene rings is 2. The van der Waals surface area contributed by atoms with Crippen LogP contribution in [-0.2, 0) is 28.4 Å². The minimum absolute atomic E-state index is 0.00281. The highest BCUT2D eigenvalue weighted by atomic mass is 19.4. The molecule has 2 aromatic rings. The van der Waals surface area contributed by atoms with Crippen molar-refractivity contribution < 1.29 is 54.9 Å². The molecule has 46 heavy (non-hydrogen) atoms. The lowest BCUT2D eigenvalue weighted by Gasteiger charge is -2.42. The van der Waals surface area contributed by atoms with Crippen LogP contribution in [0, 0.1) is 0 Å². The maximum absolute atomic E-state index is 13.6. The summed E-state index contributed by atoms with van der Waals surface area (Å²) < 4.78 is 97.3. The molecule has 1 aliphatic heterocycles. The second kappa shape index (κ2) is 14.5. The van der Waals surface area contributed by atoms with Gasteiger partial charge in [-0.25, -0.2) is 9.59 Å². The summed E-state index contributed by atoms with van der Waals surface area (Å²) in [6, 6.07) is 2.08. The Balaban J connectivity index is 2.21. The zero-order chi connectivity index (χ0) is 34.6. The van der Waals surface area contributed by atoms with Gasteiger partial charge in [0.1, 0.15) is 5.75 Å². The van der Waals surface area contributed by atoms with E-state index in [1.165, 1.54) is 24.1 Å². The van der Waals surface area contributed by atoms with Gasteiger partial charge < -0.3 is 24.4 Å². The molecule has 10 nitrogen and oxygen atoms in total. The zero-order valence-corrected chi connectivity index (χ0v) is 26.1. The average molecular weight is 663 g/mol. The number of fused-ring (bicyclic) bond motifs is 1. The van der Waals surface area contributed by atoms with Crippen molar-refractivity contribution >= 4 is 23.8 Å². The van der Waals surface area contributed by atoms with E-state index >= 15 is 0 Å². The molecule has 16 heteroatoms. The number of nitrogens with one attached hydrogen (secondary N) is 1. The molecule has 0 fully saturated rings. The maximum Gasteiger partial charge on any atom is 0.416 e. The van der Waals surface area contributed by atoms with Crippen LogP contribution < -0.4 is 15.0 Å². The number of alkyl halides is 6. The number of halogens is 6. The van der Waals surface area contributed by atoms with Gasteiger partial charge >= 0.3 is 24.5 Å². The first kappa shape index (κ1) is 36.3. The Morgan fingerprint density at radius 1 is 0.978 bits per heavy atom. The first-order valence-corrected chi connectivity index (χ1v) is 14.2. The Labute approximate surface area is 262 Å². The van der Waals surface area contributed by atoms with E-state index in [0.717, 1.165) is 12.0 Å².